The molecule has 0 aliphatic carbocycles. The highest BCUT2D eigenvalue weighted by atomic mass is 19.1. The number of nitrogens with zero attached hydrogens (tertiary/aromatic N) is 2. The molecule has 1 heterocycles. The Morgan fingerprint density at radius 2 is 1.45 bits per heavy atom. The van der Waals surface area contributed by atoms with Gasteiger partial charge < -0.3 is 5.11 Å². The van der Waals surface area contributed by atoms with Crippen molar-refractivity contribution < 1.29 is 9.50 Å². The Bertz CT molecular complexity index is 1130. The van der Waals surface area contributed by atoms with E-state index in [0.29, 0.717) is 17.7 Å². The predicted octanol–water partition coefficient (Wildman–Crippen LogP) is 5.75. The number of halogens is 1. The van der Waals surface area contributed by atoms with E-state index in [1.807, 2.05) is 55.5 Å². The van der Waals surface area contributed by atoms with E-state index in [0.717, 1.165) is 29.1 Å². The van der Waals surface area contributed by atoms with Gasteiger partial charge in [-0.3, -0.25) is 0 Å². The molecule has 29 heavy (non-hydrogen) atoms. The Labute approximate surface area is 169 Å². The van der Waals surface area contributed by atoms with Crippen LogP contribution in [0.3, 0.4) is 0 Å². The molecule has 4 rings (SSSR count). The molecule has 1 aromatic heterocycles. The third-order valence-electron chi connectivity index (χ3n) is 4.92. The van der Waals surface area contributed by atoms with E-state index in [-0.39, 0.29) is 0 Å². The molecule has 3 nitrogen and oxygen atoms in total. The van der Waals surface area contributed by atoms with Gasteiger partial charge in [-0.1, -0.05) is 66.7 Å². The van der Waals surface area contributed by atoms with Crippen molar-refractivity contribution >= 4 is 0 Å². The van der Waals surface area contributed by atoms with Crippen LogP contribution in [0.15, 0.2) is 78.9 Å². The number of aryl methyl sites for hydroxylation is 3. The maximum Gasteiger partial charge on any atom is 0.165 e. The third kappa shape index (κ3) is 4.02. The maximum atomic E-state index is 14.0. The van der Waals surface area contributed by atoms with Crippen molar-refractivity contribution in [2.24, 2.45) is 0 Å². The first kappa shape index (κ1) is 18.8. The van der Waals surface area contributed by atoms with Crippen LogP contribution in [0, 0.1) is 12.7 Å². The van der Waals surface area contributed by atoms with Gasteiger partial charge in [0.2, 0.25) is 0 Å². The lowest BCUT2D eigenvalue weighted by atomic mass is 10.0. The van der Waals surface area contributed by atoms with Crippen molar-refractivity contribution in [2.75, 3.05) is 0 Å². The SMILES string of the molecule is Cc1nc(-c2cccc(F)c2O)c(CCc2ccccc2)nc1-c1ccccc1. The van der Waals surface area contributed by atoms with E-state index >= 15 is 0 Å². The van der Waals surface area contributed by atoms with Gasteiger partial charge in [0, 0.05) is 11.1 Å². The Morgan fingerprint density at radius 1 is 0.759 bits per heavy atom. The van der Waals surface area contributed by atoms with Crippen molar-refractivity contribution in [3.63, 3.8) is 0 Å². The molecule has 0 aliphatic rings. The topological polar surface area (TPSA) is 46.0 Å². The third-order valence-corrected chi connectivity index (χ3v) is 4.92. The average Bonchev–Trinajstić information content (AvgIpc) is 2.76. The largest absolute Gasteiger partial charge is 0.504 e. The molecular formula is C25H21FN2O. The molecule has 0 spiro atoms. The van der Waals surface area contributed by atoms with Crippen LogP contribution < -0.4 is 0 Å². The monoisotopic (exact) mass is 384 g/mol. The van der Waals surface area contributed by atoms with Gasteiger partial charge >= 0.3 is 0 Å². The van der Waals surface area contributed by atoms with Gasteiger partial charge in [-0.15, -0.1) is 0 Å². The lowest BCUT2D eigenvalue weighted by Gasteiger charge is -2.14. The number of hydrogen-bond acceptors (Lipinski definition) is 3. The Hall–Kier alpha value is -3.53. The highest BCUT2D eigenvalue weighted by molar-refractivity contribution is 5.72. The van der Waals surface area contributed by atoms with Crippen LogP contribution in [0.25, 0.3) is 22.5 Å². The summed E-state index contributed by atoms with van der Waals surface area (Å²) in [5.74, 6) is -1.06. The highest BCUT2D eigenvalue weighted by Crippen LogP contribution is 2.34. The predicted molar refractivity (Wildman–Crippen MR) is 113 cm³/mol. The molecule has 144 valence electrons. The van der Waals surface area contributed by atoms with Gasteiger partial charge in [-0.2, -0.15) is 0 Å². The fourth-order valence-corrected chi connectivity index (χ4v) is 3.43. The molecule has 0 bridgehead atoms. The quantitative estimate of drug-likeness (QED) is 0.477. The Balaban J connectivity index is 1.82. The maximum absolute atomic E-state index is 14.0. The first-order chi connectivity index (χ1) is 14.1. The summed E-state index contributed by atoms with van der Waals surface area (Å²) in [5, 5.41) is 10.3. The molecule has 0 fully saturated rings. The number of phenolic OH excluding ortho intramolecular Hbond substituents is 1. The van der Waals surface area contributed by atoms with E-state index in [1.165, 1.54) is 11.6 Å². The molecule has 0 amide bonds. The number of para-hydroxylation sites is 1. The Morgan fingerprint density at radius 3 is 2.17 bits per heavy atom. The minimum Gasteiger partial charge on any atom is -0.504 e. The summed E-state index contributed by atoms with van der Waals surface area (Å²) >= 11 is 0. The van der Waals surface area contributed by atoms with E-state index < -0.39 is 11.6 Å². The summed E-state index contributed by atoms with van der Waals surface area (Å²) in [5.41, 5.74) is 5.32. The van der Waals surface area contributed by atoms with Gasteiger partial charge in [-0.25, -0.2) is 14.4 Å². The summed E-state index contributed by atoms with van der Waals surface area (Å²) in [6.45, 7) is 1.89. The molecule has 0 unspecified atom stereocenters. The van der Waals surface area contributed by atoms with E-state index in [2.05, 4.69) is 12.1 Å². The number of rotatable bonds is 5. The van der Waals surface area contributed by atoms with Gasteiger partial charge in [0.05, 0.1) is 22.8 Å². The van der Waals surface area contributed by atoms with Gasteiger partial charge in [0.25, 0.3) is 0 Å². The van der Waals surface area contributed by atoms with Crippen LogP contribution in [0.1, 0.15) is 17.0 Å². The minimum atomic E-state index is -0.664. The van der Waals surface area contributed by atoms with Crippen molar-refractivity contribution in [3.8, 4) is 28.3 Å². The minimum absolute atomic E-state index is 0.364. The molecule has 0 radical (unpaired) electrons. The highest BCUT2D eigenvalue weighted by Gasteiger charge is 2.18. The van der Waals surface area contributed by atoms with Gasteiger partial charge in [-0.05, 0) is 37.5 Å². The molecule has 3 aromatic carbocycles. The number of phenols is 1. The lowest BCUT2D eigenvalue weighted by Crippen LogP contribution is -2.05. The normalized spacial score (nSPS) is 10.8. The average molecular weight is 384 g/mol. The van der Waals surface area contributed by atoms with Crippen molar-refractivity contribution in [1.29, 1.82) is 0 Å². The summed E-state index contributed by atoms with van der Waals surface area (Å²) in [7, 11) is 0. The van der Waals surface area contributed by atoms with Crippen LogP contribution in [0.4, 0.5) is 4.39 Å². The summed E-state index contributed by atoms with van der Waals surface area (Å²) in [6.07, 6.45) is 1.40. The Kier molecular flexibility index (Phi) is 5.34. The van der Waals surface area contributed by atoms with E-state index in [4.69, 9.17) is 9.97 Å². The summed E-state index contributed by atoms with van der Waals surface area (Å²) < 4.78 is 14.0. The van der Waals surface area contributed by atoms with E-state index in [9.17, 15) is 9.50 Å². The number of hydrogen-bond donors (Lipinski definition) is 1. The molecular weight excluding hydrogens is 363 g/mol. The second kappa shape index (κ2) is 8.23. The summed E-state index contributed by atoms with van der Waals surface area (Å²) in [6, 6.07) is 24.5. The number of aromatic hydroxyl groups is 1. The van der Waals surface area contributed by atoms with Crippen LogP contribution in [-0.2, 0) is 12.8 Å². The number of aromatic nitrogens is 2. The molecule has 1 N–H and O–H groups in total. The molecule has 4 aromatic rings. The van der Waals surface area contributed by atoms with Crippen LogP contribution in [0.5, 0.6) is 5.75 Å². The van der Waals surface area contributed by atoms with Crippen LogP contribution >= 0.6 is 0 Å². The van der Waals surface area contributed by atoms with Gasteiger partial charge in [0.1, 0.15) is 0 Å². The van der Waals surface area contributed by atoms with Crippen molar-refractivity contribution in [2.45, 2.75) is 19.8 Å². The first-order valence-electron chi connectivity index (χ1n) is 9.58. The molecule has 0 saturated heterocycles. The number of benzene rings is 3. The zero-order valence-electron chi connectivity index (χ0n) is 16.1. The standard InChI is InChI=1S/C25H21FN2O/c1-17-23(19-11-6-3-7-12-19)28-22(16-15-18-9-4-2-5-10-18)24(27-17)20-13-8-14-21(26)25(20)29/h2-14,29H,15-16H2,1H3. The van der Waals surface area contributed by atoms with Gasteiger partial charge in [0.15, 0.2) is 11.6 Å². The van der Waals surface area contributed by atoms with E-state index in [1.54, 1.807) is 12.1 Å². The molecule has 0 saturated carbocycles. The fourth-order valence-electron chi connectivity index (χ4n) is 3.43. The smallest absolute Gasteiger partial charge is 0.165 e. The van der Waals surface area contributed by atoms with Crippen LogP contribution in [0.2, 0.25) is 0 Å². The van der Waals surface area contributed by atoms with Crippen molar-refractivity contribution in [3.05, 3.63) is 102 Å². The zero-order valence-corrected chi connectivity index (χ0v) is 16.1. The zero-order chi connectivity index (χ0) is 20.2. The summed E-state index contributed by atoms with van der Waals surface area (Å²) in [4.78, 5) is 9.65. The fraction of sp³-hybridized carbons (Fsp3) is 0.120. The molecule has 0 aliphatic heterocycles. The second-order valence-corrected chi connectivity index (χ2v) is 6.94. The van der Waals surface area contributed by atoms with Crippen LogP contribution in [-0.4, -0.2) is 15.1 Å². The van der Waals surface area contributed by atoms with Crippen molar-refractivity contribution in [1.82, 2.24) is 9.97 Å². The molecule has 0 atom stereocenters. The second-order valence-electron chi connectivity index (χ2n) is 6.94. The lowest BCUT2D eigenvalue weighted by molar-refractivity contribution is 0.434. The first-order valence-corrected chi connectivity index (χ1v) is 9.58. The molecule has 4 heteroatoms.